The summed E-state index contributed by atoms with van der Waals surface area (Å²) in [5.41, 5.74) is 3.23. The van der Waals surface area contributed by atoms with Crippen molar-refractivity contribution in [1.29, 1.82) is 0 Å². The smallest absolute Gasteiger partial charge is 0.407 e. The van der Waals surface area contributed by atoms with E-state index in [1.165, 1.54) is 18.2 Å². The second kappa shape index (κ2) is 12.4. The first kappa shape index (κ1) is 28.9. The van der Waals surface area contributed by atoms with E-state index in [1.54, 1.807) is 11.0 Å². The molecule has 0 aromatic heterocycles. The number of ether oxygens (including phenoxy) is 2. The summed E-state index contributed by atoms with van der Waals surface area (Å²) in [4.78, 5) is 29.9. The molecular formula is C31H43N3O5. The molecule has 0 spiro atoms. The molecule has 1 heterocycles. The molecule has 2 aromatic carbocycles. The van der Waals surface area contributed by atoms with Gasteiger partial charge in [-0.1, -0.05) is 42.0 Å². The Morgan fingerprint density at radius 2 is 1.79 bits per heavy atom. The van der Waals surface area contributed by atoms with E-state index in [4.69, 9.17) is 9.47 Å². The summed E-state index contributed by atoms with van der Waals surface area (Å²) in [6, 6.07) is 15.9. The minimum absolute atomic E-state index is 0.00528. The number of alkyl carbamates (subject to hydrolysis) is 1. The Bertz CT molecular complexity index is 1140. The number of amides is 3. The van der Waals surface area contributed by atoms with E-state index in [2.05, 4.69) is 36.5 Å². The van der Waals surface area contributed by atoms with Crippen molar-refractivity contribution >= 4 is 17.8 Å². The first-order valence-corrected chi connectivity index (χ1v) is 14.0. The first-order chi connectivity index (χ1) is 18.5. The zero-order valence-electron chi connectivity index (χ0n) is 23.9. The first-order valence-electron chi connectivity index (χ1n) is 14.0. The largest absolute Gasteiger partial charge is 0.444 e. The summed E-state index contributed by atoms with van der Waals surface area (Å²) < 4.78 is 10.6. The minimum Gasteiger partial charge on any atom is -0.444 e. The highest BCUT2D eigenvalue weighted by Crippen LogP contribution is 2.34. The van der Waals surface area contributed by atoms with Crippen molar-refractivity contribution in [2.24, 2.45) is 5.92 Å². The number of urea groups is 1. The number of methoxy groups -OCH3 is 1. The topological polar surface area (TPSA) is 91.3 Å². The van der Waals surface area contributed by atoms with Crippen LogP contribution in [0.4, 0.5) is 15.3 Å². The zero-order chi connectivity index (χ0) is 28.2. The summed E-state index contributed by atoms with van der Waals surface area (Å²) in [7, 11) is 1.45. The highest BCUT2D eigenvalue weighted by molar-refractivity contribution is 5.94. The molecule has 212 valence electrons. The fourth-order valence-corrected chi connectivity index (χ4v) is 5.82. The van der Waals surface area contributed by atoms with E-state index in [1.807, 2.05) is 43.9 Å². The molecular weight excluding hydrogens is 494 g/mol. The van der Waals surface area contributed by atoms with Crippen molar-refractivity contribution < 1.29 is 24.2 Å². The zero-order valence-corrected chi connectivity index (χ0v) is 23.9. The van der Waals surface area contributed by atoms with E-state index in [0.717, 1.165) is 37.8 Å². The van der Waals surface area contributed by atoms with Crippen molar-refractivity contribution in [3.8, 4) is 0 Å². The van der Waals surface area contributed by atoms with Crippen LogP contribution < -0.4 is 10.2 Å². The molecule has 2 N–H and O–H groups in total. The van der Waals surface area contributed by atoms with Gasteiger partial charge in [0.25, 0.3) is 0 Å². The highest BCUT2D eigenvalue weighted by atomic mass is 16.6. The number of aliphatic hydroxyl groups excluding tert-OH is 1. The Hall–Kier alpha value is -3.10. The molecule has 2 unspecified atom stereocenters. The van der Waals surface area contributed by atoms with Crippen LogP contribution in [0.25, 0.3) is 0 Å². The predicted molar refractivity (Wildman–Crippen MR) is 152 cm³/mol. The fourth-order valence-electron chi connectivity index (χ4n) is 5.82. The lowest BCUT2D eigenvalue weighted by Gasteiger charge is -2.38. The van der Waals surface area contributed by atoms with Crippen LogP contribution in [0.15, 0.2) is 48.5 Å². The van der Waals surface area contributed by atoms with Crippen LogP contribution in [0, 0.1) is 12.8 Å². The van der Waals surface area contributed by atoms with Crippen LogP contribution in [-0.4, -0.2) is 60.0 Å². The monoisotopic (exact) mass is 537 g/mol. The van der Waals surface area contributed by atoms with Crippen LogP contribution in [-0.2, 0) is 15.9 Å². The number of aliphatic hydroxyl groups is 1. The third-order valence-electron chi connectivity index (χ3n) is 7.72. The van der Waals surface area contributed by atoms with Gasteiger partial charge in [-0.05, 0) is 83.4 Å². The van der Waals surface area contributed by atoms with Gasteiger partial charge in [-0.2, -0.15) is 0 Å². The number of aryl methyl sites for hydroxylation is 1. The molecule has 39 heavy (non-hydrogen) atoms. The van der Waals surface area contributed by atoms with Crippen LogP contribution in [0.1, 0.15) is 69.4 Å². The van der Waals surface area contributed by atoms with Crippen LogP contribution in [0.3, 0.4) is 0 Å². The number of hydrogen-bond acceptors (Lipinski definition) is 5. The van der Waals surface area contributed by atoms with Gasteiger partial charge in [-0.25, -0.2) is 9.59 Å². The average molecular weight is 538 g/mol. The van der Waals surface area contributed by atoms with E-state index >= 15 is 0 Å². The number of carbonyl (C=O) groups is 2. The van der Waals surface area contributed by atoms with Gasteiger partial charge in [0.15, 0.2) is 6.29 Å². The Morgan fingerprint density at radius 3 is 2.46 bits per heavy atom. The SMILES string of the molecule is COC(O)c1cccc(N2CCN(C3CCC(C(Cc4cccc(C)c4)NC(=O)OC(C)(C)C)CC3)C2=O)c1. The van der Waals surface area contributed by atoms with Gasteiger partial charge < -0.3 is 24.8 Å². The van der Waals surface area contributed by atoms with Gasteiger partial charge in [0, 0.05) is 43.5 Å². The van der Waals surface area contributed by atoms with E-state index in [-0.39, 0.29) is 24.2 Å². The summed E-state index contributed by atoms with van der Waals surface area (Å²) in [5, 5.41) is 13.2. The molecule has 1 aliphatic carbocycles. The minimum atomic E-state index is -1.02. The van der Waals surface area contributed by atoms with Crippen molar-refractivity contribution in [2.45, 2.75) is 83.8 Å². The van der Waals surface area contributed by atoms with Crippen LogP contribution in [0.2, 0.25) is 0 Å². The second-order valence-electron chi connectivity index (χ2n) is 11.8. The molecule has 0 bridgehead atoms. The molecule has 1 saturated heterocycles. The van der Waals surface area contributed by atoms with Crippen molar-refractivity contribution in [1.82, 2.24) is 10.2 Å². The third-order valence-corrected chi connectivity index (χ3v) is 7.72. The fraction of sp³-hybridized carbons (Fsp3) is 0.548. The lowest BCUT2D eigenvalue weighted by Crippen LogP contribution is -2.47. The summed E-state index contributed by atoms with van der Waals surface area (Å²) in [5.74, 6) is 0.301. The predicted octanol–water partition coefficient (Wildman–Crippen LogP) is 5.57. The number of nitrogens with zero attached hydrogens (tertiary/aromatic N) is 2. The maximum atomic E-state index is 13.4. The summed E-state index contributed by atoms with van der Waals surface area (Å²) in [6.45, 7) is 8.99. The maximum absolute atomic E-state index is 13.4. The quantitative estimate of drug-likeness (QED) is 0.430. The Balaban J connectivity index is 1.40. The molecule has 2 fully saturated rings. The lowest BCUT2D eigenvalue weighted by atomic mass is 9.79. The number of benzene rings is 2. The average Bonchev–Trinajstić information content (AvgIpc) is 3.28. The van der Waals surface area contributed by atoms with Gasteiger partial charge in [0.2, 0.25) is 0 Å². The molecule has 2 aromatic rings. The van der Waals surface area contributed by atoms with E-state index in [0.29, 0.717) is 24.6 Å². The van der Waals surface area contributed by atoms with Crippen LogP contribution in [0.5, 0.6) is 0 Å². The van der Waals surface area contributed by atoms with Gasteiger partial charge >= 0.3 is 12.1 Å². The molecule has 8 nitrogen and oxygen atoms in total. The molecule has 1 saturated carbocycles. The third kappa shape index (κ3) is 7.51. The Labute approximate surface area is 232 Å². The normalized spacial score (nSPS) is 21.5. The number of rotatable bonds is 8. The molecule has 1 aliphatic heterocycles. The highest BCUT2D eigenvalue weighted by Gasteiger charge is 2.38. The standard InChI is InChI=1S/C31H43N3O5/c1-21-8-6-9-22(18-21)19-27(32-29(36)39-31(2,3)4)23-12-14-25(15-13-23)33-16-17-34(30(33)37)26-11-7-10-24(20-26)28(35)38-5/h6-11,18,20,23,25,27-28,35H,12-17,19H2,1-5H3,(H,32,36). The number of anilines is 1. The van der Waals surface area contributed by atoms with Crippen LogP contribution >= 0.6 is 0 Å². The number of hydrogen-bond donors (Lipinski definition) is 2. The number of carbonyl (C=O) groups excluding carboxylic acids is 2. The van der Waals surface area contributed by atoms with Crippen molar-refractivity contribution in [2.75, 3.05) is 25.1 Å². The molecule has 2 aliphatic rings. The molecule has 3 amide bonds. The molecule has 0 radical (unpaired) electrons. The molecule has 8 heteroatoms. The van der Waals surface area contributed by atoms with E-state index < -0.39 is 11.9 Å². The summed E-state index contributed by atoms with van der Waals surface area (Å²) >= 11 is 0. The van der Waals surface area contributed by atoms with Crippen molar-refractivity contribution in [3.63, 3.8) is 0 Å². The Kier molecular flexibility index (Phi) is 9.18. The van der Waals surface area contributed by atoms with E-state index in [9.17, 15) is 14.7 Å². The molecule has 4 rings (SSSR count). The maximum Gasteiger partial charge on any atom is 0.407 e. The molecule has 2 atom stereocenters. The van der Waals surface area contributed by atoms with Gasteiger partial charge in [-0.15, -0.1) is 0 Å². The van der Waals surface area contributed by atoms with Gasteiger partial charge in [-0.3, -0.25) is 4.90 Å². The van der Waals surface area contributed by atoms with Gasteiger partial charge in [0.05, 0.1) is 0 Å². The Morgan fingerprint density at radius 1 is 1.08 bits per heavy atom. The van der Waals surface area contributed by atoms with Gasteiger partial charge in [0.1, 0.15) is 5.60 Å². The number of nitrogens with one attached hydrogen (secondary N) is 1. The van der Waals surface area contributed by atoms with Crippen molar-refractivity contribution in [3.05, 3.63) is 65.2 Å². The lowest BCUT2D eigenvalue weighted by molar-refractivity contribution is -0.0769. The second-order valence-corrected chi connectivity index (χ2v) is 11.8. The summed E-state index contributed by atoms with van der Waals surface area (Å²) in [6.07, 6.45) is 2.99.